The van der Waals surface area contributed by atoms with E-state index in [9.17, 15) is 4.79 Å². The molecule has 0 aromatic heterocycles. The monoisotopic (exact) mass is 226 g/mol. The molecule has 0 aliphatic heterocycles. The van der Waals surface area contributed by atoms with E-state index in [2.05, 4.69) is 18.5 Å². The number of carbonyl (C=O) groups is 1. The van der Waals surface area contributed by atoms with Crippen LogP contribution in [0.2, 0.25) is 0 Å². The number of rotatable bonds is 7. The van der Waals surface area contributed by atoms with Gasteiger partial charge in [0.05, 0.1) is 18.8 Å². The van der Waals surface area contributed by atoms with E-state index in [4.69, 9.17) is 10.5 Å². The van der Waals surface area contributed by atoms with Crippen molar-refractivity contribution in [2.75, 3.05) is 13.3 Å². The fourth-order valence-corrected chi connectivity index (χ4v) is 1.39. The topological polar surface area (TPSA) is 64.3 Å². The first-order chi connectivity index (χ1) is 7.68. The van der Waals surface area contributed by atoms with Crippen molar-refractivity contribution in [3.63, 3.8) is 0 Å². The Labute approximate surface area is 98.8 Å². The third-order valence-corrected chi connectivity index (χ3v) is 2.61. The molecule has 0 saturated heterocycles. The minimum Gasteiger partial charge on any atom is -0.365 e. The molecule has 4 nitrogen and oxygen atoms in total. The molecule has 16 heavy (non-hydrogen) atoms. The van der Waals surface area contributed by atoms with Crippen molar-refractivity contribution in [1.82, 2.24) is 5.32 Å². The van der Waals surface area contributed by atoms with E-state index < -0.39 is 0 Å². The van der Waals surface area contributed by atoms with Crippen molar-refractivity contribution < 1.29 is 12.4 Å². The number of carbonyl (C=O) groups excluding carboxylic acids is 1. The van der Waals surface area contributed by atoms with E-state index in [0.717, 1.165) is 12.8 Å². The van der Waals surface area contributed by atoms with Gasteiger partial charge in [-0.25, -0.2) is 0 Å². The zero-order valence-electron chi connectivity index (χ0n) is 9.37. The smallest absolute Gasteiger partial charge is 0.232 e. The second-order valence-corrected chi connectivity index (χ2v) is 3.81. The number of hydrogen-bond donors (Lipinski definition) is 2. The van der Waals surface area contributed by atoms with Crippen LogP contribution in [0.3, 0.4) is 0 Å². The fourth-order valence-electron chi connectivity index (χ4n) is 1.39. The van der Waals surface area contributed by atoms with Crippen LogP contribution in [-0.4, -0.2) is 19.2 Å². The van der Waals surface area contributed by atoms with Crippen molar-refractivity contribution in [3.05, 3.63) is 37.1 Å². The number of nitrogens with two attached hydrogens (primary N) is 1. The average Bonchev–Trinajstić information content (AvgIpc) is 3.06. The first-order valence-corrected chi connectivity index (χ1v) is 5.23. The minimum atomic E-state index is -0.386. The summed E-state index contributed by atoms with van der Waals surface area (Å²) in [4.78, 5) is 11.9. The van der Waals surface area contributed by atoms with E-state index in [1.54, 1.807) is 18.2 Å². The summed E-state index contributed by atoms with van der Waals surface area (Å²) in [5.41, 5.74) is 5.51. The average molecular weight is 226 g/mol. The summed E-state index contributed by atoms with van der Waals surface area (Å²) in [7, 11) is 0. The lowest BCUT2D eigenvalue weighted by molar-refractivity contribution is -0.127. The van der Waals surface area contributed by atoms with Gasteiger partial charge < -0.3 is 15.8 Å². The molecular weight excluding hydrogens is 204 g/mol. The molecule has 1 fully saturated rings. The molecule has 0 spiro atoms. The first kappa shape index (κ1) is 12.7. The summed E-state index contributed by atoms with van der Waals surface area (Å²) in [5, 5.41) is 2.79. The lowest BCUT2D eigenvalue weighted by atomic mass is 10.1. The number of allylic oxidation sites excluding steroid dienone is 3. The van der Waals surface area contributed by atoms with E-state index in [0.29, 0.717) is 12.3 Å². The van der Waals surface area contributed by atoms with Gasteiger partial charge in [0.1, 0.15) is 0 Å². The highest BCUT2D eigenvalue weighted by Gasteiger charge is 2.50. The third kappa shape index (κ3) is 3.05. The normalized spacial score (nSPS) is 17.7. The number of amides is 1. The quantitative estimate of drug-likeness (QED) is 0.511. The number of hydrogen-bond acceptors (Lipinski definition) is 3. The number of nitrogens with one attached hydrogen (secondary N) is 1. The van der Waals surface area contributed by atoms with Crippen molar-refractivity contribution >= 4 is 5.91 Å². The van der Waals surface area contributed by atoms with Crippen LogP contribution in [0.15, 0.2) is 37.1 Å². The van der Waals surface area contributed by atoms with Crippen LogP contribution in [-0.2, 0) is 9.53 Å². The molecule has 1 amide bonds. The Morgan fingerprint density at radius 3 is 2.69 bits per heavy atom. The van der Waals surface area contributed by atoms with Crippen LogP contribution in [0, 0.1) is 5.41 Å². The highest BCUT2D eigenvalue weighted by atomic mass is 16.5. The molecule has 0 bridgehead atoms. The summed E-state index contributed by atoms with van der Waals surface area (Å²) < 4.78 is 5.11. The molecule has 0 radical (unpaired) electrons. The molecule has 1 aliphatic carbocycles. The Morgan fingerprint density at radius 1 is 1.56 bits per heavy atom. The Bertz CT molecular complexity index is 326. The molecule has 0 heterocycles. The summed E-state index contributed by atoms with van der Waals surface area (Å²) in [6, 6.07) is 0. The van der Waals surface area contributed by atoms with Gasteiger partial charge in [-0.1, -0.05) is 19.2 Å². The largest absolute Gasteiger partial charge is 0.365 e. The van der Waals surface area contributed by atoms with Crippen molar-refractivity contribution in [2.45, 2.75) is 12.8 Å². The molecule has 92 valence electrons. The van der Waals surface area contributed by atoms with Gasteiger partial charge in [0.15, 0.2) is 0 Å². The maximum absolute atomic E-state index is 11.9. The van der Waals surface area contributed by atoms with Crippen molar-refractivity contribution in [1.29, 1.82) is 0 Å². The third-order valence-electron chi connectivity index (χ3n) is 2.61. The zero-order valence-corrected chi connectivity index (χ0v) is 9.37. The second-order valence-electron chi connectivity index (χ2n) is 3.81. The molecule has 3 N–H and O–H groups in total. The summed E-state index contributed by atoms with van der Waals surface area (Å²) in [6.45, 7) is 7.71. The molecular formula is C12H22N2O2. The van der Waals surface area contributed by atoms with E-state index in [1.165, 1.54) is 0 Å². The van der Waals surface area contributed by atoms with E-state index in [1.807, 2.05) is 0 Å². The van der Waals surface area contributed by atoms with Crippen molar-refractivity contribution in [3.8, 4) is 0 Å². The molecule has 0 unspecified atom stereocenters. The van der Waals surface area contributed by atoms with Gasteiger partial charge in [-0.2, -0.15) is 0 Å². The predicted octanol–water partition coefficient (Wildman–Crippen LogP) is 1.56. The van der Waals surface area contributed by atoms with Gasteiger partial charge >= 0.3 is 0 Å². The SMILES string of the molecule is C=C/C=C(\C=C)NC(=O)C1(COCN)CC1.[HH].[HH]. The van der Waals surface area contributed by atoms with Crippen LogP contribution in [0.4, 0.5) is 0 Å². The predicted molar refractivity (Wildman–Crippen MR) is 67.5 cm³/mol. The van der Waals surface area contributed by atoms with Gasteiger partial charge in [-0.15, -0.1) is 0 Å². The Hall–Kier alpha value is -1.39. The first-order valence-electron chi connectivity index (χ1n) is 5.23. The van der Waals surface area contributed by atoms with Crippen LogP contribution in [0.25, 0.3) is 0 Å². The van der Waals surface area contributed by atoms with Gasteiger partial charge in [-0.3, -0.25) is 4.79 Å². The molecule has 0 aromatic rings. The highest BCUT2D eigenvalue weighted by Crippen LogP contribution is 2.46. The van der Waals surface area contributed by atoms with E-state index in [-0.39, 0.29) is 20.9 Å². The molecule has 1 rings (SSSR count). The molecule has 0 aromatic carbocycles. The maximum Gasteiger partial charge on any atom is 0.232 e. The van der Waals surface area contributed by atoms with E-state index >= 15 is 0 Å². The number of ether oxygens (including phenoxy) is 1. The Kier molecular flexibility index (Phi) is 4.46. The van der Waals surface area contributed by atoms with Gasteiger partial charge in [0, 0.05) is 8.55 Å². The van der Waals surface area contributed by atoms with Crippen molar-refractivity contribution in [2.24, 2.45) is 11.1 Å². The lowest BCUT2D eigenvalue weighted by Gasteiger charge is -2.15. The van der Waals surface area contributed by atoms with Crippen LogP contribution >= 0.6 is 0 Å². The highest BCUT2D eigenvalue weighted by molar-refractivity contribution is 5.87. The molecule has 1 aliphatic rings. The molecule has 0 atom stereocenters. The Balaban J connectivity index is 0. The van der Waals surface area contributed by atoms with Crippen LogP contribution < -0.4 is 11.1 Å². The van der Waals surface area contributed by atoms with Gasteiger partial charge in [-0.05, 0) is 25.0 Å². The summed E-state index contributed by atoms with van der Waals surface area (Å²) >= 11 is 0. The maximum atomic E-state index is 11.9. The van der Waals surface area contributed by atoms with Gasteiger partial charge in [0.2, 0.25) is 5.91 Å². The summed E-state index contributed by atoms with van der Waals surface area (Å²) in [5.74, 6) is -0.0334. The van der Waals surface area contributed by atoms with Gasteiger partial charge in [0.25, 0.3) is 0 Å². The molecule has 4 heteroatoms. The lowest BCUT2D eigenvalue weighted by Crippen LogP contribution is -2.34. The molecule has 1 saturated carbocycles. The summed E-state index contributed by atoms with van der Waals surface area (Å²) in [6.07, 6.45) is 6.58. The minimum absolute atomic E-state index is 0. The van der Waals surface area contributed by atoms with Crippen LogP contribution in [0.5, 0.6) is 0 Å². The second kappa shape index (κ2) is 5.63. The Morgan fingerprint density at radius 2 is 2.25 bits per heavy atom. The fraction of sp³-hybridized carbons (Fsp3) is 0.417. The zero-order chi connectivity index (χ0) is 12.0. The standard InChI is InChI=1S/C12H18N2O2.2H2/c1-3-5-10(4-2)14-11(15)12(6-7-12)8-16-9-13;;/h3-5H,1-2,6-9,13H2,(H,14,15);2*1H/b10-5+;;. The van der Waals surface area contributed by atoms with Crippen LogP contribution in [0.1, 0.15) is 15.7 Å².